The van der Waals surface area contributed by atoms with Gasteiger partial charge in [0.25, 0.3) is 0 Å². The van der Waals surface area contributed by atoms with E-state index in [0.29, 0.717) is 37.7 Å². The lowest BCUT2D eigenvalue weighted by Gasteiger charge is -2.22. The maximum absolute atomic E-state index is 12.5. The lowest BCUT2D eigenvalue weighted by atomic mass is 10.0. The molecular weight excluding hydrogens is 465 g/mol. The van der Waals surface area contributed by atoms with Crippen molar-refractivity contribution in [3.05, 3.63) is 24.0 Å². The minimum absolute atomic E-state index is 0.0425. The molecular formula is C23H35Cl2N5O3. The molecule has 0 aliphatic heterocycles. The van der Waals surface area contributed by atoms with Crippen molar-refractivity contribution in [3.63, 3.8) is 0 Å². The van der Waals surface area contributed by atoms with Crippen molar-refractivity contribution >= 4 is 51.8 Å². The number of halogens is 2. The van der Waals surface area contributed by atoms with E-state index < -0.39 is 18.1 Å². The highest BCUT2D eigenvalue weighted by Gasteiger charge is 2.26. The lowest BCUT2D eigenvalue weighted by Crippen LogP contribution is -2.50. The number of fused-ring (bicyclic) bond motifs is 1. The van der Waals surface area contributed by atoms with Crippen molar-refractivity contribution in [1.82, 2.24) is 14.9 Å². The normalized spacial score (nSPS) is 13.2. The van der Waals surface area contributed by atoms with E-state index >= 15 is 0 Å². The highest BCUT2D eigenvalue weighted by molar-refractivity contribution is 6.18. The van der Waals surface area contributed by atoms with E-state index in [-0.39, 0.29) is 18.4 Å². The summed E-state index contributed by atoms with van der Waals surface area (Å²) >= 11 is 11.9. The number of esters is 1. The summed E-state index contributed by atoms with van der Waals surface area (Å²) in [6.45, 7) is 7.07. The van der Waals surface area contributed by atoms with E-state index in [1.54, 1.807) is 6.92 Å². The van der Waals surface area contributed by atoms with Gasteiger partial charge in [0.1, 0.15) is 11.9 Å². The highest BCUT2D eigenvalue weighted by atomic mass is 35.5. The molecule has 8 nitrogen and oxygen atoms in total. The Labute approximate surface area is 205 Å². The van der Waals surface area contributed by atoms with Crippen LogP contribution in [0.4, 0.5) is 5.69 Å². The molecule has 2 unspecified atom stereocenters. The number of ether oxygens (including phenoxy) is 1. The molecule has 1 amide bonds. The predicted octanol–water partition coefficient (Wildman–Crippen LogP) is 2.82. The summed E-state index contributed by atoms with van der Waals surface area (Å²) in [6, 6.07) is 4.58. The van der Waals surface area contributed by atoms with Gasteiger partial charge in [0.2, 0.25) is 5.91 Å². The highest BCUT2D eigenvalue weighted by Crippen LogP contribution is 2.23. The minimum atomic E-state index is -0.791. The number of alkyl halides is 2. The van der Waals surface area contributed by atoms with E-state index in [0.717, 1.165) is 22.5 Å². The zero-order valence-corrected chi connectivity index (χ0v) is 21.3. The maximum atomic E-state index is 12.5. The van der Waals surface area contributed by atoms with E-state index in [1.165, 1.54) is 0 Å². The van der Waals surface area contributed by atoms with Crippen LogP contribution in [0.25, 0.3) is 11.0 Å². The Morgan fingerprint density at radius 2 is 1.91 bits per heavy atom. The first-order valence-corrected chi connectivity index (χ1v) is 12.3. The van der Waals surface area contributed by atoms with E-state index in [4.69, 9.17) is 38.7 Å². The van der Waals surface area contributed by atoms with Gasteiger partial charge in [0.05, 0.1) is 23.7 Å². The molecule has 0 aliphatic carbocycles. The summed E-state index contributed by atoms with van der Waals surface area (Å²) in [7, 11) is 1.94. The van der Waals surface area contributed by atoms with Crippen molar-refractivity contribution < 1.29 is 14.3 Å². The number of hydrogen-bond acceptors (Lipinski definition) is 6. The van der Waals surface area contributed by atoms with Crippen LogP contribution < -0.4 is 16.0 Å². The number of carbonyl (C=O) groups is 2. The first-order valence-electron chi connectivity index (χ1n) is 11.3. The topological polar surface area (TPSA) is 102 Å². The number of nitrogens with one attached hydrogen (secondary N) is 1. The van der Waals surface area contributed by atoms with E-state index in [9.17, 15) is 9.59 Å². The Morgan fingerprint density at radius 3 is 2.48 bits per heavy atom. The molecule has 184 valence electrons. The average Bonchev–Trinajstić information content (AvgIpc) is 3.10. The third-order valence-corrected chi connectivity index (χ3v) is 5.93. The van der Waals surface area contributed by atoms with Gasteiger partial charge in [-0.3, -0.25) is 4.79 Å². The zero-order valence-electron chi connectivity index (χ0n) is 19.8. The van der Waals surface area contributed by atoms with Gasteiger partial charge in [-0.05, 0) is 37.5 Å². The summed E-state index contributed by atoms with van der Waals surface area (Å²) in [5.41, 5.74) is 8.77. The number of aryl methyl sites for hydroxylation is 2. The van der Waals surface area contributed by atoms with Crippen LogP contribution in [0.15, 0.2) is 18.2 Å². The van der Waals surface area contributed by atoms with Crippen molar-refractivity contribution in [3.8, 4) is 0 Å². The van der Waals surface area contributed by atoms with Gasteiger partial charge in [-0.2, -0.15) is 0 Å². The van der Waals surface area contributed by atoms with Gasteiger partial charge >= 0.3 is 5.97 Å². The monoisotopic (exact) mass is 499 g/mol. The number of aromatic nitrogens is 2. The number of imidazole rings is 1. The molecule has 1 aromatic heterocycles. The van der Waals surface area contributed by atoms with Crippen molar-refractivity contribution in [2.24, 2.45) is 18.7 Å². The zero-order chi connectivity index (χ0) is 24.5. The number of nitrogens with zero attached hydrogens (tertiary/aromatic N) is 3. The van der Waals surface area contributed by atoms with Crippen LogP contribution >= 0.6 is 23.2 Å². The van der Waals surface area contributed by atoms with Crippen molar-refractivity contribution in [2.75, 3.05) is 36.4 Å². The van der Waals surface area contributed by atoms with Crippen LogP contribution in [0.3, 0.4) is 0 Å². The third kappa shape index (κ3) is 7.22. The molecule has 1 heterocycles. The molecule has 0 aliphatic rings. The largest absolute Gasteiger partial charge is 0.464 e. The Hall–Kier alpha value is -2.03. The van der Waals surface area contributed by atoms with Crippen LogP contribution in [0, 0.1) is 5.92 Å². The number of nitrogens with two attached hydrogens (primary N) is 1. The fourth-order valence-corrected chi connectivity index (χ4v) is 3.98. The molecule has 0 fully saturated rings. The van der Waals surface area contributed by atoms with Crippen LogP contribution in [-0.2, 0) is 27.8 Å². The van der Waals surface area contributed by atoms with Crippen molar-refractivity contribution in [1.29, 1.82) is 0 Å². The summed E-state index contributed by atoms with van der Waals surface area (Å²) < 4.78 is 7.16. The standard InChI is InChI=1S/C23H35Cl2N5O3/c1-5-33-23(32)17(28-22(31)21(26)15(2)3)7-9-20-27-18-14-16(6-8-19(18)29(20)4)30(12-10-24)13-11-25/h6,8,14-15,17,21H,5,7,9-13,26H2,1-4H3,(H,28,31). The summed E-state index contributed by atoms with van der Waals surface area (Å²) in [5, 5.41) is 2.75. The summed E-state index contributed by atoms with van der Waals surface area (Å²) in [4.78, 5) is 31.8. The first kappa shape index (κ1) is 27.2. The Bertz CT molecular complexity index is 928. The molecule has 33 heavy (non-hydrogen) atoms. The Morgan fingerprint density at radius 1 is 1.24 bits per heavy atom. The predicted molar refractivity (Wildman–Crippen MR) is 134 cm³/mol. The van der Waals surface area contributed by atoms with Crippen LogP contribution in [0.1, 0.15) is 33.0 Å². The molecule has 0 bridgehead atoms. The van der Waals surface area contributed by atoms with E-state index in [2.05, 4.69) is 10.2 Å². The first-order chi connectivity index (χ1) is 15.7. The van der Waals surface area contributed by atoms with Crippen LogP contribution in [0.5, 0.6) is 0 Å². The average molecular weight is 500 g/mol. The summed E-state index contributed by atoms with van der Waals surface area (Å²) in [5.74, 6) is 0.935. The number of amides is 1. The molecule has 0 saturated heterocycles. The number of carbonyl (C=O) groups excluding carboxylic acids is 2. The molecule has 10 heteroatoms. The fourth-order valence-electron chi connectivity index (χ4n) is 3.57. The molecule has 2 aromatic rings. The molecule has 3 N–H and O–H groups in total. The maximum Gasteiger partial charge on any atom is 0.328 e. The molecule has 0 radical (unpaired) electrons. The Kier molecular flexibility index (Phi) is 10.7. The minimum Gasteiger partial charge on any atom is -0.464 e. The van der Waals surface area contributed by atoms with Gasteiger partial charge in [-0.15, -0.1) is 23.2 Å². The van der Waals surface area contributed by atoms with Gasteiger partial charge in [0.15, 0.2) is 0 Å². The summed E-state index contributed by atoms with van der Waals surface area (Å²) in [6.07, 6.45) is 0.832. The number of rotatable bonds is 13. The number of hydrogen-bond donors (Lipinski definition) is 2. The second kappa shape index (κ2) is 13.0. The number of benzene rings is 1. The molecule has 2 rings (SSSR count). The molecule has 1 aromatic carbocycles. The second-order valence-electron chi connectivity index (χ2n) is 8.25. The SMILES string of the molecule is CCOC(=O)C(CCc1nc2cc(N(CCCl)CCCl)ccc2n1C)NC(=O)C(N)C(C)C. The van der Waals surface area contributed by atoms with E-state index in [1.807, 2.05) is 43.7 Å². The lowest BCUT2D eigenvalue weighted by molar-refractivity contribution is -0.147. The molecule has 2 atom stereocenters. The van der Waals surface area contributed by atoms with Gasteiger partial charge in [-0.1, -0.05) is 13.8 Å². The third-order valence-electron chi connectivity index (χ3n) is 5.60. The quantitative estimate of drug-likeness (QED) is 0.324. The molecule has 0 saturated carbocycles. The van der Waals surface area contributed by atoms with Gasteiger partial charge in [0, 0.05) is 44.0 Å². The Balaban J connectivity index is 2.21. The number of anilines is 1. The van der Waals surface area contributed by atoms with Gasteiger partial charge < -0.3 is 25.3 Å². The van der Waals surface area contributed by atoms with Crippen molar-refractivity contribution in [2.45, 2.75) is 45.7 Å². The second-order valence-corrected chi connectivity index (χ2v) is 9.00. The fraction of sp³-hybridized carbons (Fsp3) is 0.609. The van der Waals surface area contributed by atoms with Crippen LogP contribution in [-0.4, -0.2) is 65.0 Å². The molecule has 0 spiro atoms. The van der Waals surface area contributed by atoms with Gasteiger partial charge in [-0.25, -0.2) is 9.78 Å². The smallest absolute Gasteiger partial charge is 0.328 e. The van der Waals surface area contributed by atoms with Crippen LogP contribution in [0.2, 0.25) is 0 Å².